The average Bonchev–Trinajstić information content (AvgIpc) is 2.33. The van der Waals surface area contributed by atoms with Crippen LogP contribution in [0, 0.1) is 0 Å². The number of ether oxygens (including phenoxy) is 1. The molecule has 3 heteroatoms. The monoisotopic (exact) mass is 213 g/mol. The largest absolute Gasteiger partial charge is 0.455 e. The van der Waals surface area contributed by atoms with Gasteiger partial charge in [0.05, 0.1) is 5.69 Å². The van der Waals surface area contributed by atoms with Crippen LogP contribution in [0.5, 0.6) is 11.5 Å². The second kappa shape index (κ2) is 4.49. The summed E-state index contributed by atoms with van der Waals surface area (Å²) in [5.74, 6) is 1.27. The average molecular weight is 213 g/mol. The molecule has 0 aliphatic rings. The summed E-state index contributed by atoms with van der Waals surface area (Å²) in [5, 5.41) is 0. The number of anilines is 1. The molecule has 0 atom stereocenters. The van der Waals surface area contributed by atoms with Crippen LogP contribution in [-0.4, -0.2) is 6.29 Å². The van der Waals surface area contributed by atoms with E-state index in [1.807, 2.05) is 12.1 Å². The molecule has 0 aliphatic heterocycles. The molecule has 0 aliphatic carbocycles. The molecule has 0 aromatic heterocycles. The third-order valence-electron chi connectivity index (χ3n) is 2.16. The number of nitrogens with two attached hydrogens (primary N) is 1. The molecule has 3 nitrogen and oxygen atoms in total. The van der Waals surface area contributed by atoms with E-state index in [1.165, 1.54) is 0 Å². The van der Waals surface area contributed by atoms with Gasteiger partial charge in [-0.2, -0.15) is 0 Å². The summed E-state index contributed by atoms with van der Waals surface area (Å²) in [6.45, 7) is 0. The van der Waals surface area contributed by atoms with Crippen LogP contribution in [0.4, 0.5) is 5.69 Å². The molecular weight excluding hydrogens is 202 g/mol. The lowest BCUT2D eigenvalue weighted by Gasteiger charge is -2.07. The molecule has 2 N–H and O–H groups in total. The Morgan fingerprint density at radius 1 is 1.00 bits per heavy atom. The standard InChI is InChI=1S/C13H11NO2/c14-12-3-1-2-4-13(12)16-11-7-5-10(9-15)6-8-11/h1-9H,14H2. The molecule has 0 amide bonds. The maximum Gasteiger partial charge on any atom is 0.150 e. The first-order valence-electron chi connectivity index (χ1n) is 4.87. The van der Waals surface area contributed by atoms with Crippen molar-refractivity contribution in [3.05, 3.63) is 54.1 Å². The van der Waals surface area contributed by atoms with Gasteiger partial charge in [-0.3, -0.25) is 4.79 Å². The van der Waals surface area contributed by atoms with Crippen LogP contribution in [0.25, 0.3) is 0 Å². The number of aldehydes is 1. The zero-order chi connectivity index (χ0) is 11.4. The zero-order valence-corrected chi connectivity index (χ0v) is 8.59. The molecule has 0 bridgehead atoms. The van der Waals surface area contributed by atoms with Crippen molar-refractivity contribution in [3.63, 3.8) is 0 Å². The van der Waals surface area contributed by atoms with Gasteiger partial charge in [-0.15, -0.1) is 0 Å². The van der Waals surface area contributed by atoms with Crippen LogP contribution in [0.3, 0.4) is 0 Å². The number of hydrogen-bond donors (Lipinski definition) is 1. The minimum absolute atomic E-state index is 0.585. The van der Waals surface area contributed by atoms with Gasteiger partial charge in [0.25, 0.3) is 0 Å². The molecule has 0 saturated carbocycles. The fraction of sp³-hybridized carbons (Fsp3) is 0. The van der Waals surface area contributed by atoms with E-state index in [9.17, 15) is 4.79 Å². The fourth-order valence-corrected chi connectivity index (χ4v) is 1.31. The summed E-state index contributed by atoms with van der Waals surface area (Å²) in [7, 11) is 0. The first-order chi connectivity index (χ1) is 7.79. The van der Waals surface area contributed by atoms with Crippen LogP contribution >= 0.6 is 0 Å². The minimum atomic E-state index is 0.585. The zero-order valence-electron chi connectivity index (χ0n) is 8.59. The Kier molecular flexibility index (Phi) is 2.87. The lowest BCUT2D eigenvalue weighted by molar-refractivity contribution is 0.112. The maximum absolute atomic E-state index is 10.5. The van der Waals surface area contributed by atoms with E-state index in [0.717, 1.165) is 6.29 Å². The van der Waals surface area contributed by atoms with Crippen molar-refractivity contribution in [3.8, 4) is 11.5 Å². The first-order valence-corrected chi connectivity index (χ1v) is 4.87. The van der Waals surface area contributed by atoms with E-state index in [1.54, 1.807) is 36.4 Å². The summed E-state index contributed by atoms with van der Waals surface area (Å²) < 4.78 is 5.57. The highest BCUT2D eigenvalue weighted by Crippen LogP contribution is 2.26. The van der Waals surface area contributed by atoms with Gasteiger partial charge in [0, 0.05) is 5.56 Å². The Labute approximate surface area is 93.5 Å². The third-order valence-corrected chi connectivity index (χ3v) is 2.16. The molecule has 2 aromatic carbocycles. The van der Waals surface area contributed by atoms with Gasteiger partial charge in [-0.25, -0.2) is 0 Å². The molecule has 2 aromatic rings. The third kappa shape index (κ3) is 2.20. The highest BCUT2D eigenvalue weighted by Gasteiger charge is 2.00. The summed E-state index contributed by atoms with van der Waals surface area (Å²) in [6, 6.07) is 14.1. The van der Waals surface area contributed by atoms with Crippen molar-refractivity contribution in [2.24, 2.45) is 0 Å². The number of carbonyl (C=O) groups is 1. The van der Waals surface area contributed by atoms with Crippen molar-refractivity contribution >= 4 is 12.0 Å². The van der Waals surface area contributed by atoms with E-state index < -0.39 is 0 Å². The van der Waals surface area contributed by atoms with Crippen LogP contribution in [0.1, 0.15) is 10.4 Å². The molecule has 0 unspecified atom stereocenters. The number of para-hydroxylation sites is 2. The molecule has 0 saturated heterocycles. The van der Waals surface area contributed by atoms with Crippen molar-refractivity contribution in [1.82, 2.24) is 0 Å². The second-order valence-corrected chi connectivity index (χ2v) is 3.33. The molecule has 0 heterocycles. The normalized spacial score (nSPS) is 9.75. The minimum Gasteiger partial charge on any atom is -0.455 e. The van der Waals surface area contributed by atoms with Crippen molar-refractivity contribution in [2.45, 2.75) is 0 Å². The van der Waals surface area contributed by atoms with Gasteiger partial charge >= 0.3 is 0 Å². The van der Waals surface area contributed by atoms with Crippen molar-refractivity contribution in [1.29, 1.82) is 0 Å². The molecule has 0 radical (unpaired) electrons. The van der Waals surface area contributed by atoms with E-state index in [2.05, 4.69) is 0 Å². The second-order valence-electron chi connectivity index (χ2n) is 3.33. The number of nitrogen functional groups attached to an aromatic ring is 1. The Bertz CT molecular complexity index is 492. The first kappa shape index (κ1) is 10.2. The van der Waals surface area contributed by atoms with E-state index in [4.69, 9.17) is 10.5 Å². The Balaban J connectivity index is 2.21. The molecule has 80 valence electrons. The smallest absolute Gasteiger partial charge is 0.150 e. The summed E-state index contributed by atoms with van der Waals surface area (Å²) in [5.41, 5.74) is 6.95. The van der Waals surface area contributed by atoms with Gasteiger partial charge in [-0.05, 0) is 36.4 Å². The number of rotatable bonds is 3. The lowest BCUT2D eigenvalue weighted by atomic mass is 10.2. The molecule has 0 fully saturated rings. The highest BCUT2D eigenvalue weighted by atomic mass is 16.5. The summed E-state index contributed by atoms with van der Waals surface area (Å²) in [4.78, 5) is 10.5. The summed E-state index contributed by atoms with van der Waals surface area (Å²) in [6.07, 6.45) is 0.792. The van der Waals surface area contributed by atoms with Crippen LogP contribution in [-0.2, 0) is 0 Å². The number of hydrogen-bond acceptors (Lipinski definition) is 3. The van der Waals surface area contributed by atoms with Gasteiger partial charge in [0.15, 0.2) is 0 Å². The SMILES string of the molecule is Nc1ccccc1Oc1ccc(C=O)cc1. The van der Waals surface area contributed by atoms with Gasteiger partial charge in [0.1, 0.15) is 17.8 Å². The molecule has 0 spiro atoms. The number of benzene rings is 2. The van der Waals surface area contributed by atoms with Gasteiger partial charge < -0.3 is 10.5 Å². The Morgan fingerprint density at radius 3 is 2.31 bits per heavy atom. The van der Waals surface area contributed by atoms with Crippen LogP contribution in [0.15, 0.2) is 48.5 Å². The maximum atomic E-state index is 10.5. The lowest BCUT2D eigenvalue weighted by Crippen LogP contribution is -1.91. The van der Waals surface area contributed by atoms with E-state index >= 15 is 0 Å². The topological polar surface area (TPSA) is 52.3 Å². The van der Waals surface area contributed by atoms with Gasteiger partial charge in [0.2, 0.25) is 0 Å². The summed E-state index contributed by atoms with van der Waals surface area (Å²) >= 11 is 0. The Hall–Kier alpha value is -2.29. The number of carbonyl (C=O) groups excluding carboxylic acids is 1. The van der Waals surface area contributed by atoms with Gasteiger partial charge in [-0.1, -0.05) is 12.1 Å². The highest BCUT2D eigenvalue weighted by molar-refractivity contribution is 5.74. The van der Waals surface area contributed by atoms with Crippen LogP contribution < -0.4 is 10.5 Å². The fourth-order valence-electron chi connectivity index (χ4n) is 1.31. The van der Waals surface area contributed by atoms with Crippen molar-refractivity contribution in [2.75, 3.05) is 5.73 Å². The van der Waals surface area contributed by atoms with E-state index in [-0.39, 0.29) is 0 Å². The quantitative estimate of drug-likeness (QED) is 0.630. The van der Waals surface area contributed by atoms with E-state index in [0.29, 0.717) is 22.7 Å². The molecule has 2 rings (SSSR count). The Morgan fingerprint density at radius 2 is 1.69 bits per heavy atom. The predicted octanol–water partition coefficient (Wildman–Crippen LogP) is 2.87. The van der Waals surface area contributed by atoms with Crippen LogP contribution in [0.2, 0.25) is 0 Å². The molecule has 16 heavy (non-hydrogen) atoms. The van der Waals surface area contributed by atoms with Crippen molar-refractivity contribution < 1.29 is 9.53 Å². The predicted molar refractivity (Wildman–Crippen MR) is 62.8 cm³/mol. The molecular formula is C13H11NO2.